The average molecular weight is 321 g/mol. The van der Waals surface area contributed by atoms with E-state index in [9.17, 15) is 9.18 Å². The highest BCUT2D eigenvalue weighted by Crippen LogP contribution is 2.29. The Hall–Kier alpha value is -1.82. The fourth-order valence-electron chi connectivity index (χ4n) is 3.20. The third-order valence-electron chi connectivity index (χ3n) is 4.42. The van der Waals surface area contributed by atoms with E-state index >= 15 is 0 Å². The van der Waals surface area contributed by atoms with Crippen molar-refractivity contribution in [1.29, 1.82) is 0 Å². The number of benzene rings is 1. The second-order valence-electron chi connectivity index (χ2n) is 6.18. The second kappa shape index (κ2) is 7.64. The van der Waals surface area contributed by atoms with Crippen molar-refractivity contribution in [2.75, 3.05) is 36.5 Å². The predicted molar refractivity (Wildman–Crippen MR) is 88.5 cm³/mol. The summed E-state index contributed by atoms with van der Waals surface area (Å²) >= 11 is 0. The minimum absolute atomic E-state index is 0.0924. The molecule has 5 nitrogen and oxygen atoms in total. The van der Waals surface area contributed by atoms with Crippen LogP contribution in [0.5, 0.6) is 0 Å². The number of carbonyl (C=O) groups is 1. The number of amides is 2. The molecule has 0 saturated carbocycles. The number of urea groups is 1. The Morgan fingerprint density at radius 2 is 2.09 bits per heavy atom. The first kappa shape index (κ1) is 16.1. The molecule has 2 fully saturated rings. The van der Waals surface area contributed by atoms with Gasteiger partial charge in [0.25, 0.3) is 0 Å². The zero-order chi connectivity index (χ0) is 16.1. The van der Waals surface area contributed by atoms with Crippen LogP contribution in [0, 0.1) is 5.82 Å². The van der Waals surface area contributed by atoms with Gasteiger partial charge in [0.2, 0.25) is 0 Å². The third-order valence-corrected chi connectivity index (χ3v) is 4.42. The molecule has 3 rings (SSSR count). The molecule has 1 aromatic rings. The molecule has 1 aromatic carbocycles. The maximum Gasteiger partial charge on any atom is 0.319 e. The molecule has 2 saturated heterocycles. The van der Waals surface area contributed by atoms with Crippen molar-refractivity contribution in [2.45, 2.75) is 38.2 Å². The molecule has 23 heavy (non-hydrogen) atoms. The van der Waals surface area contributed by atoms with Crippen LogP contribution in [0.25, 0.3) is 0 Å². The highest BCUT2D eigenvalue weighted by molar-refractivity contribution is 5.93. The van der Waals surface area contributed by atoms with Gasteiger partial charge in [0.05, 0.1) is 17.5 Å². The van der Waals surface area contributed by atoms with E-state index in [0.29, 0.717) is 12.2 Å². The van der Waals surface area contributed by atoms with Crippen LogP contribution >= 0.6 is 0 Å². The lowest BCUT2D eigenvalue weighted by Crippen LogP contribution is -2.36. The Morgan fingerprint density at radius 3 is 2.83 bits per heavy atom. The number of hydrogen-bond acceptors (Lipinski definition) is 3. The molecule has 6 heteroatoms. The highest BCUT2D eigenvalue weighted by Gasteiger charge is 2.18. The summed E-state index contributed by atoms with van der Waals surface area (Å²) in [4.78, 5) is 14.3. The van der Waals surface area contributed by atoms with Gasteiger partial charge in [0.15, 0.2) is 0 Å². The van der Waals surface area contributed by atoms with Gasteiger partial charge in [-0.15, -0.1) is 0 Å². The summed E-state index contributed by atoms with van der Waals surface area (Å²) in [6.45, 7) is 3.13. The lowest BCUT2D eigenvalue weighted by Gasteiger charge is -2.30. The van der Waals surface area contributed by atoms with Gasteiger partial charge in [0.1, 0.15) is 5.82 Å². The van der Waals surface area contributed by atoms with Gasteiger partial charge in [0, 0.05) is 26.2 Å². The molecule has 1 atom stereocenters. The third kappa shape index (κ3) is 4.34. The number of anilines is 2. The van der Waals surface area contributed by atoms with E-state index in [1.807, 2.05) is 0 Å². The maximum absolute atomic E-state index is 13.6. The van der Waals surface area contributed by atoms with Gasteiger partial charge in [-0.2, -0.15) is 0 Å². The zero-order valence-corrected chi connectivity index (χ0v) is 13.3. The molecular formula is C17H24FN3O2. The summed E-state index contributed by atoms with van der Waals surface area (Å²) in [5.74, 6) is -0.347. The van der Waals surface area contributed by atoms with Crippen LogP contribution in [0.2, 0.25) is 0 Å². The first-order valence-electron chi connectivity index (χ1n) is 8.43. The van der Waals surface area contributed by atoms with E-state index in [1.165, 1.54) is 18.6 Å². The van der Waals surface area contributed by atoms with E-state index in [2.05, 4.69) is 15.5 Å². The van der Waals surface area contributed by atoms with Crippen molar-refractivity contribution in [2.24, 2.45) is 0 Å². The van der Waals surface area contributed by atoms with Crippen LogP contribution < -0.4 is 15.5 Å². The van der Waals surface area contributed by atoms with Gasteiger partial charge in [-0.05, 0) is 50.3 Å². The minimum Gasteiger partial charge on any atom is -0.376 e. The van der Waals surface area contributed by atoms with E-state index in [-0.39, 0.29) is 18.0 Å². The van der Waals surface area contributed by atoms with E-state index in [4.69, 9.17) is 4.74 Å². The van der Waals surface area contributed by atoms with Gasteiger partial charge in [-0.1, -0.05) is 0 Å². The summed E-state index contributed by atoms with van der Waals surface area (Å²) in [5.41, 5.74) is 1.41. The van der Waals surface area contributed by atoms with Crippen molar-refractivity contribution in [3.05, 3.63) is 24.0 Å². The topological polar surface area (TPSA) is 53.6 Å². The summed E-state index contributed by atoms with van der Waals surface area (Å²) in [6, 6.07) is 4.26. The Kier molecular flexibility index (Phi) is 5.33. The maximum atomic E-state index is 13.6. The Balaban J connectivity index is 1.63. The number of carbonyl (C=O) groups excluding carboxylic acids is 1. The number of rotatable bonds is 4. The van der Waals surface area contributed by atoms with Crippen molar-refractivity contribution in [1.82, 2.24) is 5.32 Å². The molecular weight excluding hydrogens is 297 g/mol. The smallest absolute Gasteiger partial charge is 0.319 e. The zero-order valence-electron chi connectivity index (χ0n) is 13.3. The van der Waals surface area contributed by atoms with Gasteiger partial charge >= 0.3 is 6.03 Å². The van der Waals surface area contributed by atoms with Gasteiger partial charge in [-0.25, -0.2) is 9.18 Å². The molecule has 0 spiro atoms. The van der Waals surface area contributed by atoms with Gasteiger partial charge in [-0.3, -0.25) is 0 Å². The van der Waals surface area contributed by atoms with Crippen LogP contribution in [0.4, 0.5) is 20.6 Å². The number of nitrogens with one attached hydrogen (secondary N) is 2. The van der Waals surface area contributed by atoms with Crippen molar-refractivity contribution >= 4 is 17.4 Å². The Morgan fingerprint density at radius 1 is 1.26 bits per heavy atom. The molecule has 0 aliphatic carbocycles. The molecule has 2 aliphatic rings. The minimum atomic E-state index is -0.347. The van der Waals surface area contributed by atoms with Gasteiger partial charge < -0.3 is 20.3 Å². The SMILES string of the molecule is O=C(NCC1CCCO1)Nc1cc(F)ccc1N1CCCCC1. The van der Waals surface area contributed by atoms with Crippen LogP contribution in [-0.4, -0.2) is 38.4 Å². The van der Waals surface area contributed by atoms with Crippen molar-refractivity contribution in [3.8, 4) is 0 Å². The largest absolute Gasteiger partial charge is 0.376 e. The lowest BCUT2D eigenvalue weighted by atomic mass is 10.1. The molecule has 2 N–H and O–H groups in total. The standard InChI is InChI=1S/C17H24FN3O2/c18-13-6-7-16(21-8-2-1-3-9-21)15(11-13)20-17(22)19-12-14-5-4-10-23-14/h6-7,11,14H,1-5,8-10,12H2,(H2,19,20,22). The summed E-state index contributed by atoms with van der Waals surface area (Å²) in [5, 5.41) is 5.59. The normalized spacial score (nSPS) is 21.3. The quantitative estimate of drug-likeness (QED) is 0.896. The molecule has 0 aromatic heterocycles. The molecule has 2 amide bonds. The fourth-order valence-corrected chi connectivity index (χ4v) is 3.20. The first-order chi connectivity index (χ1) is 11.2. The van der Waals surface area contributed by atoms with Crippen molar-refractivity contribution in [3.63, 3.8) is 0 Å². The number of nitrogens with zero attached hydrogens (tertiary/aromatic N) is 1. The summed E-state index contributed by atoms with van der Waals surface area (Å²) in [7, 11) is 0. The number of halogens is 1. The van der Waals surface area contributed by atoms with E-state index in [0.717, 1.165) is 51.1 Å². The number of ether oxygens (including phenoxy) is 1. The molecule has 0 bridgehead atoms. The van der Waals surface area contributed by atoms with Crippen LogP contribution in [0.3, 0.4) is 0 Å². The van der Waals surface area contributed by atoms with E-state index < -0.39 is 0 Å². The van der Waals surface area contributed by atoms with Crippen LogP contribution in [0.15, 0.2) is 18.2 Å². The Labute approximate surface area is 136 Å². The molecule has 1 unspecified atom stereocenters. The monoisotopic (exact) mass is 321 g/mol. The molecule has 2 aliphatic heterocycles. The summed E-state index contributed by atoms with van der Waals surface area (Å²) < 4.78 is 19.1. The highest BCUT2D eigenvalue weighted by atomic mass is 19.1. The predicted octanol–water partition coefficient (Wildman–Crippen LogP) is 3.12. The molecule has 126 valence electrons. The molecule has 2 heterocycles. The average Bonchev–Trinajstić information content (AvgIpc) is 3.07. The first-order valence-corrected chi connectivity index (χ1v) is 8.43. The number of piperidine rings is 1. The second-order valence-corrected chi connectivity index (χ2v) is 6.18. The van der Waals surface area contributed by atoms with Crippen molar-refractivity contribution < 1.29 is 13.9 Å². The van der Waals surface area contributed by atoms with Crippen LogP contribution in [0.1, 0.15) is 32.1 Å². The fraction of sp³-hybridized carbons (Fsp3) is 0.588. The lowest BCUT2D eigenvalue weighted by molar-refractivity contribution is 0.112. The van der Waals surface area contributed by atoms with Crippen LogP contribution in [-0.2, 0) is 4.74 Å². The van der Waals surface area contributed by atoms with E-state index in [1.54, 1.807) is 6.07 Å². The summed E-state index contributed by atoms with van der Waals surface area (Å²) in [6.07, 6.45) is 5.58. The number of hydrogen-bond donors (Lipinski definition) is 2. The molecule has 0 radical (unpaired) electrons. The Bertz CT molecular complexity index is 541.